The molecule has 0 saturated carbocycles. The molecule has 5 aromatic rings. The molecule has 0 aliphatic carbocycles. The smallest absolute Gasteiger partial charge is 0.230 e. The van der Waals surface area contributed by atoms with Gasteiger partial charge in [0.05, 0.1) is 16.8 Å². The summed E-state index contributed by atoms with van der Waals surface area (Å²) < 4.78 is 2.03. The van der Waals surface area contributed by atoms with E-state index < -0.39 is 0 Å². The second-order valence-corrected chi connectivity index (χ2v) is 8.47. The van der Waals surface area contributed by atoms with Gasteiger partial charge in [0.1, 0.15) is 5.03 Å². The number of fused-ring (bicyclic) bond motifs is 3. The van der Waals surface area contributed by atoms with Crippen LogP contribution in [0.25, 0.3) is 28.1 Å². The van der Waals surface area contributed by atoms with Gasteiger partial charge in [0.25, 0.3) is 0 Å². The second-order valence-electron chi connectivity index (χ2n) is 7.51. The van der Waals surface area contributed by atoms with Crippen LogP contribution in [0.5, 0.6) is 0 Å². The van der Waals surface area contributed by atoms with Crippen LogP contribution >= 0.6 is 11.8 Å². The predicted molar refractivity (Wildman–Crippen MR) is 127 cm³/mol. The van der Waals surface area contributed by atoms with Gasteiger partial charge in [-0.2, -0.15) is 0 Å². The zero-order chi connectivity index (χ0) is 21.9. The molecular formula is C25H21N5OS. The molecular weight excluding hydrogens is 418 g/mol. The standard InChI is InChI=1S/C25H21N5OS/c1-17-11-13-19(14-12-17)23-28-29-24-25(27-20-9-5-6-10-21(20)30(23)24)32-16-22(31)26-15-18-7-3-2-4-8-18/h2-14H,15-16H2,1H3,(H,26,31). The molecule has 0 bridgehead atoms. The molecule has 2 aromatic heterocycles. The zero-order valence-corrected chi connectivity index (χ0v) is 18.3. The van der Waals surface area contributed by atoms with Gasteiger partial charge in [-0.25, -0.2) is 4.98 Å². The topological polar surface area (TPSA) is 72.2 Å². The quantitative estimate of drug-likeness (QED) is 0.390. The van der Waals surface area contributed by atoms with Gasteiger partial charge in [-0.1, -0.05) is 84.1 Å². The molecule has 6 nitrogen and oxygen atoms in total. The Labute approximate surface area is 189 Å². The van der Waals surface area contributed by atoms with E-state index in [2.05, 4.69) is 34.6 Å². The van der Waals surface area contributed by atoms with Crippen molar-refractivity contribution in [3.8, 4) is 11.4 Å². The molecule has 0 radical (unpaired) electrons. The lowest BCUT2D eigenvalue weighted by Gasteiger charge is -2.09. The van der Waals surface area contributed by atoms with Gasteiger partial charge < -0.3 is 5.32 Å². The van der Waals surface area contributed by atoms with Crippen LogP contribution in [0, 0.1) is 6.92 Å². The van der Waals surface area contributed by atoms with Crippen molar-refractivity contribution in [2.45, 2.75) is 18.5 Å². The van der Waals surface area contributed by atoms with Crippen molar-refractivity contribution in [3.63, 3.8) is 0 Å². The van der Waals surface area contributed by atoms with Crippen LogP contribution in [0.3, 0.4) is 0 Å². The number of nitrogens with zero attached hydrogens (tertiary/aromatic N) is 4. The summed E-state index contributed by atoms with van der Waals surface area (Å²) in [5, 5.41) is 12.6. The number of benzene rings is 3. The number of carbonyl (C=O) groups is 1. The van der Waals surface area contributed by atoms with Crippen LogP contribution in [0.4, 0.5) is 0 Å². The van der Waals surface area contributed by atoms with Gasteiger partial charge in [0, 0.05) is 12.1 Å². The van der Waals surface area contributed by atoms with Crippen LogP contribution in [-0.4, -0.2) is 31.2 Å². The van der Waals surface area contributed by atoms with Crippen LogP contribution in [0.1, 0.15) is 11.1 Å². The fourth-order valence-electron chi connectivity index (χ4n) is 3.53. The van der Waals surface area contributed by atoms with Crippen LogP contribution in [0.15, 0.2) is 83.9 Å². The third-order valence-electron chi connectivity index (χ3n) is 5.18. The normalized spacial score (nSPS) is 11.2. The van der Waals surface area contributed by atoms with Crippen LogP contribution in [-0.2, 0) is 11.3 Å². The maximum absolute atomic E-state index is 12.4. The summed E-state index contributed by atoms with van der Waals surface area (Å²) in [6, 6.07) is 26.0. The third kappa shape index (κ3) is 4.07. The lowest BCUT2D eigenvalue weighted by atomic mass is 10.1. The van der Waals surface area contributed by atoms with Crippen molar-refractivity contribution in [2.24, 2.45) is 0 Å². The van der Waals surface area contributed by atoms with Crippen molar-refractivity contribution in [1.29, 1.82) is 0 Å². The van der Waals surface area contributed by atoms with E-state index in [9.17, 15) is 4.79 Å². The summed E-state index contributed by atoms with van der Waals surface area (Å²) in [4.78, 5) is 17.2. The summed E-state index contributed by atoms with van der Waals surface area (Å²) >= 11 is 1.37. The Kier molecular flexibility index (Phi) is 5.56. The van der Waals surface area contributed by atoms with Crippen molar-refractivity contribution >= 4 is 34.3 Å². The molecule has 0 spiro atoms. The van der Waals surface area contributed by atoms with E-state index in [1.807, 2.05) is 71.1 Å². The van der Waals surface area contributed by atoms with E-state index in [-0.39, 0.29) is 11.7 Å². The molecule has 0 saturated heterocycles. The fourth-order valence-corrected chi connectivity index (χ4v) is 4.32. The molecule has 7 heteroatoms. The molecule has 3 aromatic carbocycles. The van der Waals surface area contributed by atoms with Crippen LogP contribution < -0.4 is 5.32 Å². The molecule has 32 heavy (non-hydrogen) atoms. The Bertz CT molecular complexity index is 1400. The molecule has 0 fully saturated rings. The molecule has 0 atom stereocenters. The Balaban J connectivity index is 1.45. The van der Waals surface area contributed by atoms with E-state index in [0.29, 0.717) is 17.2 Å². The number of aromatic nitrogens is 4. The highest BCUT2D eigenvalue weighted by molar-refractivity contribution is 8.00. The Morgan fingerprint density at radius 1 is 0.938 bits per heavy atom. The molecule has 2 heterocycles. The number of thioether (sulfide) groups is 1. The Morgan fingerprint density at radius 3 is 2.50 bits per heavy atom. The van der Waals surface area contributed by atoms with Gasteiger partial charge >= 0.3 is 0 Å². The van der Waals surface area contributed by atoms with Crippen LogP contribution in [0.2, 0.25) is 0 Å². The number of nitrogens with one attached hydrogen (secondary N) is 1. The minimum Gasteiger partial charge on any atom is -0.351 e. The van der Waals surface area contributed by atoms with E-state index >= 15 is 0 Å². The number of amides is 1. The Morgan fingerprint density at radius 2 is 1.69 bits per heavy atom. The maximum atomic E-state index is 12.4. The number of carbonyl (C=O) groups excluding carboxylic acids is 1. The summed E-state index contributed by atoms with van der Waals surface area (Å²) in [6.45, 7) is 2.56. The fraction of sp³-hybridized carbons (Fsp3) is 0.120. The monoisotopic (exact) mass is 439 g/mol. The summed E-state index contributed by atoms with van der Waals surface area (Å²) in [6.07, 6.45) is 0. The minimum atomic E-state index is -0.0507. The average molecular weight is 440 g/mol. The first-order chi connectivity index (χ1) is 15.7. The van der Waals surface area contributed by atoms with E-state index in [0.717, 1.165) is 28.0 Å². The molecule has 1 N–H and O–H groups in total. The van der Waals surface area contributed by atoms with E-state index in [1.54, 1.807) is 0 Å². The maximum Gasteiger partial charge on any atom is 0.230 e. The van der Waals surface area contributed by atoms with Crippen molar-refractivity contribution in [1.82, 2.24) is 24.9 Å². The van der Waals surface area contributed by atoms with Crippen molar-refractivity contribution in [2.75, 3.05) is 5.75 Å². The average Bonchev–Trinajstić information content (AvgIpc) is 3.28. The molecule has 5 rings (SSSR count). The Hall–Kier alpha value is -3.71. The SMILES string of the molecule is Cc1ccc(-c2nnc3c(SCC(=O)NCc4ccccc4)nc4ccccc4n23)cc1. The van der Waals surface area contributed by atoms with Gasteiger partial charge in [-0.15, -0.1) is 10.2 Å². The van der Waals surface area contributed by atoms with E-state index in [1.165, 1.54) is 17.3 Å². The van der Waals surface area contributed by atoms with Gasteiger partial charge in [0.15, 0.2) is 11.5 Å². The predicted octanol–water partition coefficient (Wildman–Crippen LogP) is 4.66. The lowest BCUT2D eigenvalue weighted by Crippen LogP contribution is -2.24. The molecule has 158 valence electrons. The van der Waals surface area contributed by atoms with E-state index in [4.69, 9.17) is 4.98 Å². The second kappa shape index (κ2) is 8.80. The lowest BCUT2D eigenvalue weighted by molar-refractivity contribution is -0.118. The highest BCUT2D eigenvalue weighted by atomic mass is 32.2. The largest absolute Gasteiger partial charge is 0.351 e. The first-order valence-corrected chi connectivity index (χ1v) is 11.3. The zero-order valence-electron chi connectivity index (χ0n) is 17.5. The molecule has 0 unspecified atom stereocenters. The third-order valence-corrected chi connectivity index (χ3v) is 6.14. The minimum absolute atomic E-state index is 0.0507. The molecule has 1 amide bonds. The van der Waals surface area contributed by atoms with Crippen molar-refractivity contribution < 1.29 is 4.79 Å². The van der Waals surface area contributed by atoms with Gasteiger partial charge in [-0.3, -0.25) is 9.20 Å². The number of para-hydroxylation sites is 2. The number of hydrogen-bond acceptors (Lipinski definition) is 5. The number of hydrogen-bond donors (Lipinski definition) is 1. The summed E-state index contributed by atoms with van der Waals surface area (Å²) in [5.74, 6) is 0.958. The molecule has 0 aliphatic rings. The first kappa shape index (κ1) is 20.2. The number of rotatable bonds is 6. The summed E-state index contributed by atoms with van der Waals surface area (Å²) in [5.41, 5.74) is 5.65. The van der Waals surface area contributed by atoms with Crippen molar-refractivity contribution in [3.05, 3.63) is 90.0 Å². The first-order valence-electron chi connectivity index (χ1n) is 10.3. The highest BCUT2D eigenvalue weighted by Crippen LogP contribution is 2.29. The van der Waals surface area contributed by atoms with Gasteiger partial charge in [-0.05, 0) is 24.6 Å². The molecule has 0 aliphatic heterocycles. The van der Waals surface area contributed by atoms with Gasteiger partial charge in [0.2, 0.25) is 5.91 Å². The summed E-state index contributed by atoms with van der Waals surface area (Å²) in [7, 11) is 0. The highest BCUT2D eigenvalue weighted by Gasteiger charge is 2.17. The number of aryl methyl sites for hydroxylation is 1.